The first kappa shape index (κ1) is 19.2. The molecule has 0 aliphatic carbocycles. The first-order valence-corrected chi connectivity index (χ1v) is 10.3. The predicted molar refractivity (Wildman–Crippen MR) is 117 cm³/mol. The van der Waals surface area contributed by atoms with Crippen LogP contribution in [0.2, 0.25) is 0 Å². The van der Waals surface area contributed by atoms with Crippen LogP contribution in [0.25, 0.3) is 27.9 Å². The van der Waals surface area contributed by atoms with Crippen LogP contribution >= 0.6 is 0 Å². The molecule has 1 aromatic carbocycles. The Morgan fingerprint density at radius 1 is 1.07 bits per heavy atom. The van der Waals surface area contributed by atoms with Crippen LogP contribution in [0.5, 0.6) is 0 Å². The Morgan fingerprint density at radius 2 is 1.79 bits per heavy atom. The third-order valence-electron chi connectivity index (χ3n) is 5.31. The summed E-state index contributed by atoms with van der Waals surface area (Å²) in [5, 5.41) is 1.10. The number of amides is 1. The van der Waals surface area contributed by atoms with E-state index in [1.165, 1.54) is 0 Å². The molecule has 4 rings (SSSR count). The van der Waals surface area contributed by atoms with Gasteiger partial charge in [-0.1, -0.05) is 25.1 Å². The Labute approximate surface area is 170 Å². The highest BCUT2D eigenvalue weighted by atomic mass is 16.2. The first-order valence-electron chi connectivity index (χ1n) is 10.3. The fraction of sp³-hybridized carbons (Fsp3) is 0.348. The number of fused-ring (bicyclic) bond motifs is 3. The smallest absolute Gasteiger partial charge is 0.271 e. The van der Waals surface area contributed by atoms with Gasteiger partial charge in [0, 0.05) is 36.9 Å². The molecule has 4 aromatic rings. The van der Waals surface area contributed by atoms with Gasteiger partial charge >= 0.3 is 0 Å². The summed E-state index contributed by atoms with van der Waals surface area (Å²) < 4.78 is 4.22. The summed E-state index contributed by atoms with van der Waals surface area (Å²) in [5.41, 5.74) is 3.77. The average molecular weight is 390 g/mol. The minimum Gasteiger partial charge on any atom is -0.338 e. The molecule has 0 aliphatic rings. The third kappa shape index (κ3) is 3.09. The third-order valence-corrected chi connectivity index (χ3v) is 5.31. The van der Waals surface area contributed by atoms with Crippen LogP contribution in [-0.4, -0.2) is 43.0 Å². The van der Waals surface area contributed by atoms with Crippen LogP contribution in [0.15, 0.2) is 48.8 Å². The minimum absolute atomic E-state index is 0.0115. The average Bonchev–Trinajstić information content (AvgIpc) is 3.26. The monoisotopic (exact) mass is 389 g/mol. The van der Waals surface area contributed by atoms with Crippen molar-refractivity contribution in [2.45, 2.75) is 40.2 Å². The lowest BCUT2D eigenvalue weighted by Crippen LogP contribution is -2.33. The van der Waals surface area contributed by atoms with E-state index in [1.54, 1.807) is 18.5 Å². The molecule has 3 heterocycles. The largest absolute Gasteiger partial charge is 0.338 e. The van der Waals surface area contributed by atoms with E-state index < -0.39 is 0 Å². The highest BCUT2D eigenvalue weighted by Crippen LogP contribution is 2.35. The Morgan fingerprint density at radius 3 is 2.45 bits per heavy atom. The fourth-order valence-corrected chi connectivity index (χ4v) is 4.12. The van der Waals surface area contributed by atoms with Gasteiger partial charge in [-0.25, -0.2) is 9.97 Å². The fourth-order valence-electron chi connectivity index (χ4n) is 4.12. The van der Waals surface area contributed by atoms with Crippen molar-refractivity contribution in [2.24, 2.45) is 0 Å². The molecular formula is C23H27N5O. The first-order chi connectivity index (χ1) is 14.1. The lowest BCUT2D eigenvalue weighted by atomic mass is 10.2. The molecular weight excluding hydrogens is 362 g/mol. The van der Waals surface area contributed by atoms with Crippen molar-refractivity contribution in [3.05, 3.63) is 54.5 Å². The van der Waals surface area contributed by atoms with Crippen LogP contribution in [0, 0.1) is 0 Å². The summed E-state index contributed by atoms with van der Waals surface area (Å²) >= 11 is 0. The van der Waals surface area contributed by atoms with E-state index in [0.717, 1.165) is 34.9 Å². The highest BCUT2D eigenvalue weighted by Gasteiger charge is 2.26. The second-order valence-corrected chi connectivity index (χ2v) is 7.51. The normalized spacial score (nSPS) is 11.6. The van der Waals surface area contributed by atoms with E-state index in [2.05, 4.69) is 53.5 Å². The standard InChI is InChI=1S/C23H27N5O/c1-5-14-26(6-2)22(29)20-15-19-21(28(20)23-24-12-9-13-25-23)17-10-7-8-11-18(17)27(19)16(3)4/h7-13,15-16H,5-6,14H2,1-4H3. The van der Waals surface area contributed by atoms with E-state index in [4.69, 9.17) is 0 Å². The van der Waals surface area contributed by atoms with E-state index in [0.29, 0.717) is 18.2 Å². The van der Waals surface area contributed by atoms with Crippen molar-refractivity contribution in [3.63, 3.8) is 0 Å². The van der Waals surface area contributed by atoms with Gasteiger partial charge in [0.1, 0.15) is 5.69 Å². The maximum atomic E-state index is 13.5. The van der Waals surface area contributed by atoms with Gasteiger partial charge in [0.05, 0.1) is 16.6 Å². The van der Waals surface area contributed by atoms with Crippen LogP contribution in [0.3, 0.4) is 0 Å². The van der Waals surface area contributed by atoms with Gasteiger partial charge in [0.2, 0.25) is 5.95 Å². The van der Waals surface area contributed by atoms with Crippen molar-refractivity contribution in [1.82, 2.24) is 24.0 Å². The number of carbonyl (C=O) groups excluding carboxylic acids is 1. The summed E-state index contributed by atoms with van der Waals surface area (Å²) in [6, 6.07) is 12.4. The van der Waals surface area contributed by atoms with Crippen LogP contribution in [-0.2, 0) is 0 Å². The number of carbonyl (C=O) groups is 1. The van der Waals surface area contributed by atoms with Gasteiger partial charge in [-0.3, -0.25) is 9.36 Å². The Bertz CT molecular complexity index is 1160. The molecule has 0 saturated carbocycles. The van der Waals surface area contributed by atoms with Crippen LogP contribution in [0.4, 0.5) is 0 Å². The molecule has 6 nitrogen and oxygen atoms in total. The summed E-state index contributed by atoms with van der Waals surface area (Å²) in [6.07, 6.45) is 4.35. The topological polar surface area (TPSA) is 56.0 Å². The van der Waals surface area contributed by atoms with Crippen molar-refractivity contribution >= 4 is 27.8 Å². The Balaban J connectivity index is 2.09. The van der Waals surface area contributed by atoms with Gasteiger partial charge in [0.15, 0.2) is 0 Å². The molecule has 0 bridgehead atoms. The van der Waals surface area contributed by atoms with Gasteiger partial charge in [-0.05, 0) is 45.4 Å². The van der Waals surface area contributed by atoms with Crippen molar-refractivity contribution in [2.75, 3.05) is 13.1 Å². The zero-order valence-corrected chi connectivity index (χ0v) is 17.5. The molecule has 0 unspecified atom stereocenters. The molecule has 0 atom stereocenters. The van der Waals surface area contributed by atoms with Crippen LogP contribution < -0.4 is 0 Å². The van der Waals surface area contributed by atoms with E-state index in [1.807, 2.05) is 28.5 Å². The van der Waals surface area contributed by atoms with Crippen LogP contribution in [0.1, 0.15) is 50.6 Å². The predicted octanol–water partition coefficient (Wildman–Crippen LogP) is 4.83. The summed E-state index contributed by atoms with van der Waals surface area (Å²) in [5.74, 6) is 0.530. The van der Waals surface area contributed by atoms with Crippen molar-refractivity contribution < 1.29 is 4.79 Å². The maximum absolute atomic E-state index is 13.5. The molecule has 0 radical (unpaired) electrons. The number of nitrogens with zero attached hydrogens (tertiary/aromatic N) is 5. The molecule has 0 aliphatic heterocycles. The second kappa shape index (κ2) is 7.70. The van der Waals surface area contributed by atoms with Gasteiger partial charge < -0.3 is 9.47 Å². The lowest BCUT2D eigenvalue weighted by Gasteiger charge is -2.21. The molecule has 0 saturated heterocycles. The molecule has 0 spiro atoms. The molecule has 1 amide bonds. The number of rotatable bonds is 6. The molecule has 6 heteroatoms. The maximum Gasteiger partial charge on any atom is 0.271 e. The lowest BCUT2D eigenvalue weighted by molar-refractivity contribution is 0.0756. The Kier molecular flexibility index (Phi) is 5.09. The van der Waals surface area contributed by atoms with Crippen molar-refractivity contribution in [1.29, 1.82) is 0 Å². The quantitative estimate of drug-likeness (QED) is 0.475. The molecule has 150 valence electrons. The zero-order chi connectivity index (χ0) is 20.5. The number of benzene rings is 1. The highest BCUT2D eigenvalue weighted by molar-refractivity contribution is 6.11. The number of hydrogen-bond donors (Lipinski definition) is 0. The van der Waals surface area contributed by atoms with E-state index in [-0.39, 0.29) is 11.9 Å². The van der Waals surface area contributed by atoms with E-state index >= 15 is 0 Å². The SMILES string of the molecule is CCCN(CC)C(=O)c1cc2c(c3ccccc3n2C(C)C)n1-c1ncccn1. The summed E-state index contributed by atoms with van der Waals surface area (Å²) in [4.78, 5) is 24.3. The number of hydrogen-bond acceptors (Lipinski definition) is 3. The molecule has 0 N–H and O–H groups in total. The summed E-state index contributed by atoms with van der Waals surface area (Å²) in [6.45, 7) is 9.83. The van der Waals surface area contributed by atoms with E-state index in [9.17, 15) is 4.79 Å². The summed E-state index contributed by atoms with van der Waals surface area (Å²) in [7, 11) is 0. The number of para-hydroxylation sites is 1. The van der Waals surface area contributed by atoms with Gasteiger partial charge in [0.25, 0.3) is 5.91 Å². The molecule has 3 aromatic heterocycles. The minimum atomic E-state index is 0.0115. The molecule has 0 fully saturated rings. The molecule has 29 heavy (non-hydrogen) atoms. The van der Waals surface area contributed by atoms with Gasteiger partial charge in [-0.15, -0.1) is 0 Å². The number of aromatic nitrogens is 4. The second-order valence-electron chi connectivity index (χ2n) is 7.51. The Hall–Kier alpha value is -3.15. The van der Waals surface area contributed by atoms with Gasteiger partial charge in [-0.2, -0.15) is 0 Å². The zero-order valence-electron chi connectivity index (χ0n) is 17.5. The van der Waals surface area contributed by atoms with Crippen molar-refractivity contribution in [3.8, 4) is 5.95 Å².